The highest BCUT2D eigenvalue weighted by atomic mass is 79.9. The monoisotopic (exact) mass is 468 g/mol. The number of nitrogens with one attached hydrogen (secondary N) is 1. The van der Waals surface area contributed by atoms with Crippen LogP contribution in [0.15, 0.2) is 51.8 Å². The van der Waals surface area contributed by atoms with Gasteiger partial charge in [0.25, 0.3) is 5.91 Å². The average molecular weight is 469 g/mol. The van der Waals surface area contributed by atoms with Gasteiger partial charge in [-0.1, -0.05) is 15.9 Å². The Morgan fingerprint density at radius 1 is 1.18 bits per heavy atom. The highest BCUT2D eigenvalue weighted by Gasteiger charge is 2.29. The Kier molecular flexibility index (Phi) is 6.71. The largest absolute Gasteiger partial charge is 0.492 e. The van der Waals surface area contributed by atoms with Crippen molar-refractivity contribution in [3.8, 4) is 5.75 Å². The lowest BCUT2D eigenvalue weighted by molar-refractivity contribution is 0.0729. The van der Waals surface area contributed by atoms with E-state index in [1.54, 1.807) is 43.3 Å². The molecule has 9 heteroatoms. The molecule has 0 saturated carbocycles. The van der Waals surface area contributed by atoms with Crippen LogP contribution in [-0.4, -0.2) is 51.5 Å². The molecule has 2 aromatic rings. The van der Waals surface area contributed by atoms with Gasteiger partial charge < -0.3 is 14.8 Å². The molecule has 1 amide bonds. The fourth-order valence-corrected chi connectivity index (χ4v) is 4.62. The summed E-state index contributed by atoms with van der Waals surface area (Å²) in [6.45, 7) is 3.38. The lowest BCUT2D eigenvalue weighted by Gasteiger charge is -2.27. The Labute approximate surface area is 172 Å². The summed E-state index contributed by atoms with van der Waals surface area (Å²) in [4.78, 5) is 12.5. The summed E-state index contributed by atoms with van der Waals surface area (Å²) in [6.07, 6.45) is 0. The van der Waals surface area contributed by atoms with Crippen LogP contribution >= 0.6 is 15.9 Å². The predicted octanol–water partition coefficient (Wildman–Crippen LogP) is 3.12. The van der Waals surface area contributed by atoms with Crippen molar-refractivity contribution in [1.82, 2.24) is 4.31 Å². The Morgan fingerprint density at radius 3 is 2.50 bits per heavy atom. The number of rotatable bonds is 6. The van der Waals surface area contributed by atoms with E-state index >= 15 is 0 Å². The molecule has 1 aliphatic heterocycles. The zero-order valence-corrected chi connectivity index (χ0v) is 17.8. The number of amides is 1. The number of benzene rings is 2. The first-order chi connectivity index (χ1) is 13.4. The van der Waals surface area contributed by atoms with E-state index in [2.05, 4.69) is 21.2 Å². The number of hydrogen-bond acceptors (Lipinski definition) is 5. The Morgan fingerprint density at radius 2 is 1.86 bits per heavy atom. The highest BCUT2D eigenvalue weighted by Crippen LogP contribution is 2.30. The van der Waals surface area contributed by atoms with Crippen LogP contribution in [0.2, 0.25) is 0 Å². The van der Waals surface area contributed by atoms with E-state index in [0.29, 0.717) is 31.1 Å². The van der Waals surface area contributed by atoms with Crippen LogP contribution in [0.4, 0.5) is 5.69 Å². The first-order valence-electron chi connectivity index (χ1n) is 8.83. The van der Waals surface area contributed by atoms with Gasteiger partial charge in [-0.15, -0.1) is 0 Å². The maximum absolute atomic E-state index is 13.1. The van der Waals surface area contributed by atoms with Gasteiger partial charge in [0.15, 0.2) is 0 Å². The standard InChI is InChI=1S/C19H21BrN2O5S/c1-2-27-17-8-7-16(21-19(23)14-3-5-15(20)6-4-14)13-18(17)28(24,25)22-9-11-26-12-10-22/h3-8,13H,2,9-12H2,1H3,(H,21,23). The van der Waals surface area contributed by atoms with Gasteiger partial charge in [-0.05, 0) is 49.4 Å². The van der Waals surface area contributed by atoms with Crippen LogP contribution in [0.5, 0.6) is 5.75 Å². The fourth-order valence-electron chi connectivity index (χ4n) is 2.79. The first-order valence-corrected chi connectivity index (χ1v) is 11.1. The number of ether oxygens (including phenoxy) is 2. The molecule has 0 aliphatic carbocycles. The number of sulfonamides is 1. The minimum atomic E-state index is -3.77. The minimum Gasteiger partial charge on any atom is -0.492 e. The maximum Gasteiger partial charge on any atom is 0.255 e. The molecule has 7 nitrogen and oxygen atoms in total. The second-order valence-electron chi connectivity index (χ2n) is 6.07. The Hall–Kier alpha value is -1.94. The third-order valence-corrected chi connectivity index (χ3v) is 6.64. The lowest BCUT2D eigenvalue weighted by atomic mass is 10.2. The van der Waals surface area contributed by atoms with Gasteiger partial charge in [-0.3, -0.25) is 4.79 Å². The zero-order chi connectivity index (χ0) is 20.1. The van der Waals surface area contributed by atoms with Gasteiger partial charge in [0.1, 0.15) is 10.6 Å². The van der Waals surface area contributed by atoms with E-state index in [4.69, 9.17) is 9.47 Å². The van der Waals surface area contributed by atoms with Gasteiger partial charge in [0, 0.05) is 28.8 Å². The number of nitrogens with zero attached hydrogens (tertiary/aromatic N) is 1. The molecule has 0 atom stereocenters. The third-order valence-electron chi connectivity index (χ3n) is 4.20. The smallest absolute Gasteiger partial charge is 0.255 e. The van der Waals surface area contributed by atoms with E-state index in [0.717, 1.165) is 4.47 Å². The average Bonchev–Trinajstić information content (AvgIpc) is 2.70. The van der Waals surface area contributed by atoms with Crippen LogP contribution < -0.4 is 10.1 Å². The summed E-state index contributed by atoms with van der Waals surface area (Å²) in [5.41, 5.74) is 0.845. The van der Waals surface area contributed by atoms with E-state index in [9.17, 15) is 13.2 Å². The molecule has 1 fully saturated rings. The molecule has 0 aromatic heterocycles. The van der Waals surface area contributed by atoms with E-state index in [-0.39, 0.29) is 29.6 Å². The van der Waals surface area contributed by atoms with Crippen LogP contribution in [0.1, 0.15) is 17.3 Å². The molecule has 1 saturated heterocycles. The summed E-state index contributed by atoms with van der Waals surface area (Å²) in [7, 11) is -3.77. The molecule has 0 unspecified atom stereocenters. The van der Waals surface area contributed by atoms with Gasteiger partial charge in [-0.2, -0.15) is 4.31 Å². The SMILES string of the molecule is CCOc1ccc(NC(=O)c2ccc(Br)cc2)cc1S(=O)(=O)N1CCOCC1. The van der Waals surface area contributed by atoms with Crippen LogP contribution in [0.3, 0.4) is 0 Å². The summed E-state index contributed by atoms with van der Waals surface area (Å²) in [5.74, 6) is -0.0676. The summed E-state index contributed by atoms with van der Waals surface area (Å²) < 4.78 is 39.2. The number of carbonyl (C=O) groups excluding carboxylic acids is 1. The van der Waals surface area contributed by atoms with Crippen molar-refractivity contribution >= 4 is 37.5 Å². The first kappa shape index (κ1) is 20.8. The Balaban J connectivity index is 1.90. The second-order valence-corrected chi connectivity index (χ2v) is 8.89. The molecule has 0 radical (unpaired) electrons. The maximum atomic E-state index is 13.1. The molecular weight excluding hydrogens is 448 g/mol. The molecule has 1 heterocycles. The highest BCUT2D eigenvalue weighted by molar-refractivity contribution is 9.10. The number of halogens is 1. The lowest BCUT2D eigenvalue weighted by Crippen LogP contribution is -2.40. The van der Waals surface area contributed by atoms with Crippen molar-refractivity contribution in [2.24, 2.45) is 0 Å². The van der Waals surface area contributed by atoms with Crippen LogP contribution in [-0.2, 0) is 14.8 Å². The molecule has 1 aliphatic rings. The molecule has 150 valence electrons. The molecule has 0 spiro atoms. The molecule has 0 bridgehead atoms. The van der Waals surface area contributed by atoms with Gasteiger partial charge in [-0.25, -0.2) is 8.42 Å². The van der Waals surface area contributed by atoms with E-state index in [1.165, 1.54) is 10.4 Å². The Bertz CT molecular complexity index is 941. The fraction of sp³-hybridized carbons (Fsp3) is 0.316. The minimum absolute atomic E-state index is 0.0323. The molecular formula is C19H21BrN2O5S. The van der Waals surface area contributed by atoms with E-state index in [1.807, 2.05) is 0 Å². The molecule has 2 aromatic carbocycles. The number of anilines is 1. The van der Waals surface area contributed by atoms with Crippen molar-refractivity contribution < 1.29 is 22.7 Å². The summed E-state index contributed by atoms with van der Waals surface area (Å²) >= 11 is 3.33. The molecule has 1 N–H and O–H groups in total. The van der Waals surface area contributed by atoms with Crippen molar-refractivity contribution in [3.05, 3.63) is 52.5 Å². The number of hydrogen-bond donors (Lipinski definition) is 1. The van der Waals surface area contributed by atoms with Crippen molar-refractivity contribution in [2.45, 2.75) is 11.8 Å². The molecule has 28 heavy (non-hydrogen) atoms. The quantitative estimate of drug-likeness (QED) is 0.703. The van der Waals surface area contributed by atoms with Crippen molar-refractivity contribution in [3.63, 3.8) is 0 Å². The van der Waals surface area contributed by atoms with Gasteiger partial charge in [0.05, 0.1) is 19.8 Å². The number of carbonyl (C=O) groups is 1. The molecule has 3 rings (SSSR count). The van der Waals surface area contributed by atoms with Crippen LogP contribution in [0.25, 0.3) is 0 Å². The normalized spacial score (nSPS) is 15.2. The second kappa shape index (κ2) is 9.04. The van der Waals surface area contributed by atoms with E-state index < -0.39 is 10.0 Å². The summed E-state index contributed by atoms with van der Waals surface area (Å²) in [5, 5.41) is 2.74. The van der Waals surface area contributed by atoms with Crippen LogP contribution in [0, 0.1) is 0 Å². The zero-order valence-electron chi connectivity index (χ0n) is 15.4. The van der Waals surface area contributed by atoms with Gasteiger partial charge >= 0.3 is 0 Å². The third kappa shape index (κ3) is 4.72. The number of morpholine rings is 1. The predicted molar refractivity (Wildman–Crippen MR) is 109 cm³/mol. The summed E-state index contributed by atoms with van der Waals surface area (Å²) in [6, 6.07) is 11.5. The van der Waals surface area contributed by atoms with Crippen molar-refractivity contribution in [1.29, 1.82) is 0 Å². The van der Waals surface area contributed by atoms with Gasteiger partial charge in [0.2, 0.25) is 10.0 Å². The topological polar surface area (TPSA) is 84.9 Å². The van der Waals surface area contributed by atoms with Crippen molar-refractivity contribution in [2.75, 3.05) is 38.2 Å².